The molecule has 9 heteroatoms. The molecule has 0 radical (unpaired) electrons. The molecule has 1 heterocycles. The van der Waals surface area contributed by atoms with Crippen LogP contribution >= 0.6 is 11.3 Å². The van der Waals surface area contributed by atoms with Gasteiger partial charge in [-0.15, -0.1) is 11.3 Å². The van der Waals surface area contributed by atoms with Gasteiger partial charge in [0.15, 0.2) is 5.92 Å². The highest BCUT2D eigenvalue weighted by atomic mass is 32.1. The van der Waals surface area contributed by atoms with E-state index in [1.807, 2.05) is 0 Å². The third-order valence-electron chi connectivity index (χ3n) is 2.36. The van der Waals surface area contributed by atoms with Crippen LogP contribution in [0.25, 0.3) is 0 Å². The Labute approximate surface area is 103 Å². The summed E-state index contributed by atoms with van der Waals surface area (Å²) in [5.41, 5.74) is 0. The number of hydrogen-bond acceptors (Lipinski definition) is 3. The van der Waals surface area contributed by atoms with E-state index in [9.17, 15) is 26.3 Å². The van der Waals surface area contributed by atoms with E-state index in [0.717, 1.165) is 18.4 Å². The Morgan fingerprint density at radius 3 is 2.11 bits per heavy atom. The first-order valence-corrected chi connectivity index (χ1v) is 5.73. The van der Waals surface area contributed by atoms with Gasteiger partial charge in [0.05, 0.1) is 5.01 Å². The average Bonchev–Trinajstić information content (AvgIpc) is 2.64. The van der Waals surface area contributed by atoms with Gasteiger partial charge in [0.1, 0.15) is 0 Å². The van der Waals surface area contributed by atoms with Crippen LogP contribution in [0.3, 0.4) is 0 Å². The Balaban J connectivity index is 2.95. The lowest BCUT2D eigenvalue weighted by Gasteiger charge is -2.29. The Bertz CT molecular complexity index is 344. The highest BCUT2D eigenvalue weighted by Crippen LogP contribution is 2.42. The first-order valence-electron chi connectivity index (χ1n) is 4.85. The monoisotopic (exact) mass is 292 g/mol. The van der Waals surface area contributed by atoms with E-state index in [2.05, 4.69) is 10.3 Å². The molecule has 0 bridgehead atoms. The Hall–Kier alpha value is -0.830. The largest absolute Gasteiger partial charge is 0.402 e. The van der Waals surface area contributed by atoms with Crippen LogP contribution in [-0.2, 0) is 6.42 Å². The molecule has 2 nitrogen and oxygen atoms in total. The lowest BCUT2D eigenvalue weighted by Crippen LogP contribution is -2.51. The van der Waals surface area contributed by atoms with Gasteiger partial charge in [-0.3, -0.25) is 0 Å². The molecule has 0 spiro atoms. The first-order chi connectivity index (χ1) is 8.16. The maximum absolute atomic E-state index is 12.5. The van der Waals surface area contributed by atoms with Crippen LogP contribution < -0.4 is 5.32 Å². The summed E-state index contributed by atoms with van der Waals surface area (Å²) in [7, 11) is 1.07. The van der Waals surface area contributed by atoms with E-state index < -0.39 is 30.7 Å². The van der Waals surface area contributed by atoms with Crippen molar-refractivity contribution in [2.24, 2.45) is 5.92 Å². The van der Waals surface area contributed by atoms with Crippen LogP contribution in [0, 0.1) is 5.92 Å². The summed E-state index contributed by atoms with van der Waals surface area (Å²) in [5.74, 6) is -3.40. The molecule has 0 aliphatic carbocycles. The Kier molecular flexibility index (Phi) is 4.60. The third kappa shape index (κ3) is 3.84. The number of halogens is 6. The summed E-state index contributed by atoms with van der Waals surface area (Å²) >= 11 is 1.02. The van der Waals surface area contributed by atoms with Crippen molar-refractivity contribution in [3.63, 3.8) is 0 Å². The summed E-state index contributed by atoms with van der Waals surface area (Å²) in [6.07, 6.45) is -9.77. The molecule has 18 heavy (non-hydrogen) atoms. The zero-order chi connectivity index (χ0) is 14.0. The number of nitrogens with zero attached hydrogens (tertiary/aromatic N) is 1. The number of rotatable bonds is 4. The molecule has 0 saturated heterocycles. The highest BCUT2D eigenvalue weighted by Gasteiger charge is 2.59. The lowest BCUT2D eigenvalue weighted by molar-refractivity contribution is -0.291. The smallest absolute Gasteiger partial charge is 0.316 e. The molecule has 1 rings (SSSR count). The van der Waals surface area contributed by atoms with Crippen molar-refractivity contribution in [3.8, 4) is 0 Å². The molecule has 104 valence electrons. The maximum Gasteiger partial charge on any atom is 0.402 e. The van der Waals surface area contributed by atoms with Crippen molar-refractivity contribution in [1.29, 1.82) is 0 Å². The zero-order valence-corrected chi connectivity index (χ0v) is 9.96. The molecular weight excluding hydrogens is 282 g/mol. The minimum Gasteiger partial charge on any atom is -0.316 e. The third-order valence-corrected chi connectivity index (χ3v) is 3.16. The van der Waals surface area contributed by atoms with Gasteiger partial charge in [0.25, 0.3) is 0 Å². The Morgan fingerprint density at radius 1 is 1.22 bits per heavy atom. The van der Waals surface area contributed by atoms with Crippen molar-refractivity contribution in [3.05, 3.63) is 16.6 Å². The molecule has 0 fully saturated rings. The van der Waals surface area contributed by atoms with Gasteiger partial charge in [-0.25, -0.2) is 4.98 Å². The second-order valence-corrected chi connectivity index (χ2v) is 4.57. The quantitative estimate of drug-likeness (QED) is 0.863. The molecule has 0 aromatic carbocycles. The standard InChI is InChI=1S/C9H10F6N2S/c1-16-5(4-6-17-2-3-18-6)7(8(10,11)12)9(13,14)15/h2-3,5,7,16H,4H2,1H3. The molecule has 1 aromatic heterocycles. The van der Waals surface area contributed by atoms with Gasteiger partial charge in [-0.05, 0) is 7.05 Å². The molecule has 0 aliphatic heterocycles. The van der Waals surface area contributed by atoms with Gasteiger partial charge in [0.2, 0.25) is 0 Å². The predicted molar refractivity (Wildman–Crippen MR) is 54.3 cm³/mol. The van der Waals surface area contributed by atoms with E-state index in [4.69, 9.17) is 0 Å². The molecule has 0 amide bonds. The van der Waals surface area contributed by atoms with Gasteiger partial charge < -0.3 is 5.32 Å². The summed E-state index contributed by atoms with van der Waals surface area (Å²) in [5, 5.41) is 3.81. The molecule has 0 aliphatic rings. The molecular formula is C9H10F6N2S. The van der Waals surface area contributed by atoms with Gasteiger partial charge in [-0.2, -0.15) is 26.3 Å². The molecule has 0 saturated carbocycles. The van der Waals surface area contributed by atoms with Gasteiger partial charge in [-0.1, -0.05) is 0 Å². The molecule has 1 aromatic rings. The van der Waals surface area contributed by atoms with Crippen LogP contribution in [-0.4, -0.2) is 30.4 Å². The van der Waals surface area contributed by atoms with Gasteiger partial charge >= 0.3 is 12.4 Å². The normalized spacial score (nSPS) is 15.1. The van der Waals surface area contributed by atoms with E-state index in [-0.39, 0.29) is 5.01 Å². The summed E-state index contributed by atoms with van der Waals surface area (Å²) < 4.78 is 75.0. The summed E-state index contributed by atoms with van der Waals surface area (Å²) in [6.45, 7) is 0. The molecule has 1 atom stereocenters. The van der Waals surface area contributed by atoms with E-state index in [0.29, 0.717) is 0 Å². The minimum absolute atomic E-state index is 0.229. The number of alkyl halides is 6. The fourth-order valence-electron chi connectivity index (χ4n) is 1.57. The van der Waals surface area contributed by atoms with Crippen LogP contribution in [0.1, 0.15) is 5.01 Å². The average molecular weight is 292 g/mol. The van der Waals surface area contributed by atoms with Crippen molar-refractivity contribution >= 4 is 11.3 Å². The van der Waals surface area contributed by atoms with Crippen LogP contribution in [0.15, 0.2) is 11.6 Å². The van der Waals surface area contributed by atoms with Crippen molar-refractivity contribution in [2.75, 3.05) is 7.05 Å². The SMILES string of the molecule is CNC(Cc1nccs1)C(C(F)(F)F)C(F)(F)F. The summed E-state index contributed by atoms with van der Waals surface area (Å²) in [4.78, 5) is 3.69. The van der Waals surface area contributed by atoms with E-state index >= 15 is 0 Å². The molecule has 1 unspecified atom stereocenters. The zero-order valence-electron chi connectivity index (χ0n) is 9.14. The van der Waals surface area contributed by atoms with Gasteiger partial charge in [0, 0.05) is 24.0 Å². The van der Waals surface area contributed by atoms with Crippen molar-refractivity contribution in [1.82, 2.24) is 10.3 Å². The lowest BCUT2D eigenvalue weighted by atomic mass is 9.96. The number of likely N-dealkylation sites (N-methyl/N-ethyl adjacent to an activating group) is 1. The molecule has 1 N–H and O–H groups in total. The highest BCUT2D eigenvalue weighted by molar-refractivity contribution is 7.09. The van der Waals surface area contributed by atoms with Crippen molar-refractivity contribution in [2.45, 2.75) is 24.8 Å². The minimum atomic E-state index is -5.34. The fraction of sp³-hybridized carbons (Fsp3) is 0.667. The van der Waals surface area contributed by atoms with Crippen LogP contribution in [0.2, 0.25) is 0 Å². The predicted octanol–water partition coefficient (Wildman–Crippen LogP) is 3.01. The van der Waals surface area contributed by atoms with E-state index in [1.165, 1.54) is 11.6 Å². The van der Waals surface area contributed by atoms with Crippen LogP contribution in [0.4, 0.5) is 26.3 Å². The number of hydrogen-bond donors (Lipinski definition) is 1. The number of thiazole rings is 1. The second kappa shape index (κ2) is 5.43. The Morgan fingerprint density at radius 2 is 1.78 bits per heavy atom. The second-order valence-electron chi connectivity index (χ2n) is 3.59. The van der Waals surface area contributed by atoms with Crippen LogP contribution in [0.5, 0.6) is 0 Å². The number of aromatic nitrogens is 1. The van der Waals surface area contributed by atoms with Crippen molar-refractivity contribution < 1.29 is 26.3 Å². The maximum atomic E-state index is 12.5. The fourth-order valence-corrected chi connectivity index (χ4v) is 2.25. The topological polar surface area (TPSA) is 24.9 Å². The number of nitrogens with one attached hydrogen (secondary N) is 1. The van der Waals surface area contributed by atoms with E-state index in [1.54, 1.807) is 0 Å². The first kappa shape index (κ1) is 15.2. The summed E-state index contributed by atoms with van der Waals surface area (Å²) in [6, 6.07) is -1.78.